The summed E-state index contributed by atoms with van der Waals surface area (Å²) in [5, 5.41) is 3.26. The molecule has 13 heavy (non-hydrogen) atoms. The minimum Gasteiger partial charge on any atom is -0.475 e. The molecule has 0 bridgehead atoms. The minimum atomic E-state index is 0.132. The Bertz CT molecular complexity index is 281. The van der Waals surface area contributed by atoms with Gasteiger partial charge in [-0.3, -0.25) is 5.32 Å². The summed E-state index contributed by atoms with van der Waals surface area (Å²) >= 11 is 0. The number of ether oxygens (including phenoxy) is 1. The van der Waals surface area contributed by atoms with Crippen LogP contribution in [0, 0.1) is 0 Å². The Kier molecular flexibility index (Phi) is 2.62. The predicted octanol–water partition coefficient (Wildman–Crippen LogP) is 1.94. The zero-order valence-corrected chi connectivity index (χ0v) is 7.44. The summed E-state index contributed by atoms with van der Waals surface area (Å²) in [6, 6.07) is 9.89. The molecule has 0 radical (unpaired) electrons. The van der Waals surface area contributed by atoms with Gasteiger partial charge in [-0.1, -0.05) is 30.4 Å². The van der Waals surface area contributed by atoms with Crippen LogP contribution < -0.4 is 10.1 Å². The van der Waals surface area contributed by atoms with Crippen molar-refractivity contribution in [1.82, 2.24) is 5.32 Å². The van der Waals surface area contributed by atoms with Gasteiger partial charge in [0.1, 0.15) is 5.75 Å². The highest BCUT2D eigenvalue weighted by atomic mass is 16.5. The van der Waals surface area contributed by atoms with Crippen LogP contribution in [0.3, 0.4) is 0 Å². The lowest BCUT2D eigenvalue weighted by molar-refractivity contribution is 0.167. The smallest absolute Gasteiger partial charge is 0.153 e. The summed E-state index contributed by atoms with van der Waals surface area (Å²) in [5.74, 6) is 0.926. The van der Waals surface area contributed by atoms with Crippen molar-refractivity contribution in [3.05, 3.63) is 42.5 Å². The predicted molar refractivity (Wildman–Crippen MR) is 52.6 cm³/mol. The number of rotatable bonds is 2. The molecule has 1 aromatic rings. The van der Waals surface area contributed by atoms with Crippen LogP contribution in [0.25, 0.3) is 0 Å². The molecular formula is C11H13NO. The number of benzene rings is 1. The van der Waals surface area contributed by atoms with Gasteiger partial charge in [0.05, 0.1) is 0 Å². The van der Waals surface area contributed by atoms with Crippen molar-refractivity contribution < 1.29 is 4.74 Å². The largest absolute Gasteiger partial charge is 0.475 e. The SMILES string of the molecule is C1=CCC(Oc2ccccc2)NC1. The second-order valence-corrected chi connectivity index (χ2v) is 3.03. The highest BCUT2D eigenvalue weighted by molar-refractivity contribution is 5.21. The van der Waals surface area contributed by atoms with Crippen LogP contribution in [0.1, 0.15) is 6.42 Å². The molecule has 0 aliphatic carbocycles. The van der Waals surface area contributed by atoms with Gasteiger partial charge in [-0.15, -0.1) is 0 Å². The van der Waals surface area contributed by atoms with E-state index < -0.39 is 0 Å². The Morgan fingerprint density at radius 1 is 1.15 bits per heavy atom. The van der Waals surface area contributed by atoms with Gasteiger partial charge in [0.15, 0.2) is 6.23 Å². The molecule has 0 saturated carbocycles. The number of para-hydroxylation sites is 1. The molecule has 1 N–H and O–H groups in total. The van der Waals surface area contributed by atoms with E-state index in [2.05, 4.69) is 17.5 Å². The van der Waals surface area contributed by atoms with E-state index in [1.165, 1.54) is 0 Å². The maximum atomic E-state index is 5.69. The molecule has 0 amide bonds. The maximum Gasteiger partial charge on any atom is 0.153 e. The Morgan fingerprint density at radius 3 is 2.69 bits per heavy atom. The molecule has 2 nitrogen and oxygen atoms in total. The van der Waals surface area contributed by atoms with Gasteiger partial charge in [-0.2, -0.15) is 0 Å². The van der Waals surface area contributed by atoms with Crippen LogP contribution in [0.5, 0.6) is 5.75 Å². The van der Waals surface area contributed by atoms with Crippen molar-refractivity contribution in [2.45, 2.75) is 12.6 Å². The van der Waals surface area contributed by atoms with Crippen molar-refractivity contribution in [3.63, 3.8) is 0 Å². The van der Waals surface area contributed by atoms with Crippen molar-refractivity contribution in [2.75, 3.05) is 6.54 Å². The topological polar surface area (TPSA) is 21.3 Å². The fourth-order valence-corrected chi connectivity index (χ4v) is 1.34. The van der Waals surface area contributed by atoms with Crippen LogP contribution in [0.2, 0.25) is 0 Å². The van der Waals surface area contributed by atoms with Gasteiger partial charge in [0.25, 0.3) is 0 Å². The lowest BCUT2D eigenvalue weighted by atomic mass is 10.2. The van der Waals surface area contributed by atoms with Gasteiger partial charge < -0.3 is 4.74 Å². The highest BCUT2D eigenvalue weighted by Gasteiger charge is 2.09. The van der Waals surface area contributed by atoms with Crippen LogP contribution in [0.4, 0.5) is 0 Å². The first-order valence-corrected chi connectivity index (χ1v) is 4.55. The second kappa shape index (κ2) is 4.10. The van der Waals surface area contributed by atoms with Gasteiger partial charge in [-0.25, -0.2) is 0 Å². The number of nitrogens with one attached hydrogen (secondary N) is 1. The minimum absolute atomic E-state index is 0.132. The van der Waals surface area contributed by atoms with E-state index in [0.717, 1.165) is 18.7 Å². The molecule has 1 atom stereocenters. The van der Waals surface area contributed by atoms with Crippen LogP contribution >= 0.6 is 0 Å². The average molecular weight is 175 g/mol. The Labute approximate surface area is 78.2 Å². The third-order valence-electron chi connectivity index (χ3n) is 2.00. The summed E-state index contributed by atoms with van der Waals surface area (Å²) < 4.78 is 5.69. The molecule has 0 spiro atoms. The van der Waals surface area contributed by atoms with Crippen LogP contribution in [-0.2, 0) is 0 Å². The molecule has 2 rings (SSSR count). The molecule has 1 heterocycles. The third kappa shape index (κ3) is 2.33. The normalized spacial score (nSPS) is 21.4. The highest BCUT2D eigenvalue weighted by Crippen LogP contribution is 2.12. The standard InChI is InChI=1S/C11H13NO/c1-2-6-10(7-3-1)13-11-8-4-5-9-12-11/h1-7,11-12H,8-9H2. The monoisotopic (exact) mass is 175 g/mol. The van der Waals surface area contributed by atoms with E-state index in [1.54, 1.807) is 0 Å². The Hall–Kier alpha value is -1.28. The molecule has 1 aliphatic heterocycles. The molecule has 0 fully saturated rings. The number of hydrogen-bond acceptors (Lipinski definition) is 2. The lowest BCUT2D eigenvalue weighted by Crippen LogP contribution is -2.36. The van der Waals surface area contributed by atoms with E-state index in [4.69, 9.17) is 4.74 Å². The van der Waals surface area contributed by atoms with E-state index in [-0.39, 0.29) is 6.23 Å². The zero-order chi connectivity index (χ0) is 8.93. The molecule has 1 unspecified atom stereocenters. The maximum absolute atomic E-state index is 5.69. The van der Waals surface area contributed by atoms with Crippen molar-refractivity contribution in [2.24, 2.45) is 0 Å². The summed E-state index contributed by atoms with van der Waals surface area (Å²) in [5.41, 5.74) is 0. The molecule has 68 valence electrons. The molecule has 1 aliphatic rings. The van der Waals surface area contributed by atoms with E-state index in [0.29, 0.717) is 0 Å². The lowest BCUT2D eigenvalue weighted by Gasteiger charge is -2.20. The number of hydrogen-bond donors (Lipinski definition) is 1. The summed E-state index contributed by atoms with van der Waals surface area (Å²) in [6.45, 7) is 0.900. The molecule has 0 aromatic heterocycles. The van der Waals surface area contributed by atoms with Crippen molar-refractivity contribution >= 4 is 0 Å². The Morgan fingerprint density at radius 2 is 2.00 bits per heavy atom. The molecule has 0 saturated heterocycles. The van der Waals surface area contributed by atoms with E-state index in [9.17, 15) is 0 Å². The first kappa shape index (κ1) is 8.32. The van der Waals surface area contributed by atoms with Crippen LogP contribution in [-0.4, -0.2) is 12.8 Å². The first-order valence-electron chi connectivity index (χ1n) is 4.55. The van der Waals surface area contributed by atoms with Gasteiger partial charge >= 0.3 is 0 Å². The molecular weight excluding hydrogens is 162 g/mol. The van der Waals surface area contributed by atoms with Crippen molar-refractivity contribution in [3.8, 4) is 5.75 Å². The van der Waals surface area contributed by atoms with E-state index >= 15 is 0 Å². The fourth-order valence-electron chi connectivity index (χ4n) is 1.34. The summed E-state index contributed by atoms with van der Waals surface area (Å²) in [6.07, 6.45) is 5.33. The molecule has 1 aromatic carbocycles. The quantitative estimate of drug-likeness (QED) is 0.693. The van der Waals surface area contributed by atoms with Gasteiger partial charge in [0.2, 0.25) is 0 Å². The fraction of sp³-hybridized carbons (Fsp3) is 0.273. The second-order valence-electron chi connectivity index (χ2n) is 3.03. The van der Waals surface area contributed by atoms with Gasteiger partial charge in [-0.05, 0) is 12.1 Å². The Balaban J connectivity index is 1.94. The third-order valence-corrected chi connectivity index (χ3v) is 2.00. The average Bonchev–Trinajstić information content (AvgIpc) is 2.21. The summed E-state index contributed by atoms with van der Waals surface area (Å²) in [4.78, 5) is 0. The van der Waals surface area contributed by atoms with Gasteiger partial charge in [0, 0.05) is 13.0 Å². The molecule has 2 heteroatoms. The first-order chi connectivity index (χ1) is 6.45. The van der Waals surface area contributed by atoms with Crippen molar-refractivity contribution in [1.29, 1.82) is 0 Å². The summed E-state index contributed by atoms with van der Waals surface area (Å²) in [7, 11) is 0. The zero-order valence-electron chi connectivity index (χ0n) is 7.44. The van der Waals surface area contributed by atoms with E-state index in [1.807, 2.05) is 30.3 Å². The van der Waals surface area contributed by atoms with Crippen LogP contribution in [0.15, 0.2) is 42.5 Å².